The number of carbonyl (C=O) groups excluding carboxylic acids is 1. The number of ether oxygens (including phenoxy) is 1. The molecule has 0 fully saturated rings. The Labute approximate surface area is 104 Å². The molecular formula is C12H15N3O3. The first-order valence-corrected chi connectivity index (χ1v) is 5.59. The van der Waals surface area contributed by atoms with Gasteiger partial charge in [-0.05, 0) is 30.2 Å². The standard InChI is InChI=1S/C12H15N3O3/c1-7(11(13)15-17)14-12(16)8-2-3-9-5-18-6-10(9)4-8/h2-4,7,17H,5-6H2,1H3,(H2,13,15)(H,14,16). The Morgan fingerprint density at radius 2 is 2.22 bits per heavy atom. The smallest absolute Gasteiger partial charge is 0.251 e. The van der Waals surface area contributed by atoms with Gasteiger partial charge in [0.1, 0.15) is 0 Å². The van der Waals surface area contributed by atoms with Gasteiger partial charge in [-0.3, -0.25) is 4.79 Å². The van der Waals surface area contributed by atoms with Gasteiger partial charge in [0.15, 0.2) is 5.84 Å². The van der Waals surface area contributed by atoms with E-state index in [1.165, 1.54) is 0 Å². The third kappa shape index (κ3) is 2.43. The fourth-order valence-electron chi connectivity index (χ4n) is 1.75. The molecule has 0 bridgehead atoms. The summed E-state index contributed by atoms with van der Waals surface area (Å²) < 4.78 is 5.28. The third-order valence-electron chi connectivity index (χ3n) is 2.89. The molecule has 1 amide bonds. The molecule has 0 aromatic heterocycles. The summed E-state index contributed by atoms with van der Waals surface area (Å²) in [6.45, 7) is 2.77. The first-order chi connectivity index (χ1) is 8.61. The van der Waals surface area contributed by atoms with Crippen molar-refractivity contribution in [3.8, 4) is 0 Å². The van der Waals surface area contributed by atoms with E-state index in [2.05, 4.69) is 10.5 Å². The molecule has 18 heavy (non-hydrogen) atoms. The Kier molecular flexibility index (Phi) is 3.47. The molecule has 1 atom stereocenters. The van der Waals surface area contributed by atoms with Crippen LogP contribution >= 0.6 is 0 Å². The van der Waals surface area contributed by atoms with Crippen molar-refractivity contribution >= 4 is 11.7 Å². The lowest BCUT2D eigenvalue weighted by atomic mass is 10.1. The summed E-state index contributed by atoms with van der Waals surface area (Å²) in [5.74, 6) is -0.295. The van der Waals surface area contributed by atoms with Gasteiger partial charge >= 0.3 is 0 Å². The van der Waals surface area contributed by atoms with Gasteiger partial charge in [0.25, 0.3) is 5.91 Å². The molecule has 1 aromatic rings. The van der Waals surface area contributed by atoms with E-state index in [0.717, 1.165) is 11.1 Å². The van der Waals surface area contributed by atoms with Crippen molar-refractivity contribution in [2.75, 3.05) is 0 Å². The highest BCUT2D eigenvalue weighted by Crippen LogP contribution is 2.20. The van der Waals surface area contributed by atoms with Crippen LogP contribution in [0.15, 0.2) is 23.4 Å². The lowest BCUT2D eigenvalue weighted by molar-refractivity contribution is 0.0948. The largest absolute Gasteiger partial charge is 0.409 e. The highest BCUT2D eigenvalue weighted by Gasteiger charge is 2.16. The fourth-order valence-corrected chi connectivity index (χ4v) is 1.75. The summed E-state index contributed by atoms with van der Waals surface area (Å²) >= 11 is 0. The number of oxime groups is 1. The highest BCUT2D eigenvalue weighted by molar-refractivity contribution is 5.98. The van der Waals surface area contributed by atoms with Gasteiger partial charge in [-0.25, -0.2) is 0 Å². The second kappa shape index (κ2) is 5.05. The van der Waals surface area contributed by atoms with E-state index in [4.69, 9.17) is 15.7 Å². The predicted molar refractivity (Wildman–Crippen MR) is 65.3 cm³/mol. The number of rotatable bonds is 3. The van der Waals surface area contributed by atoms with Crippen LogP contribution in [0.4, 0.5) is 0 Å². The number of nitrogens with one attached hydrogen (secondary N) is 1. The monoisotopic (exact) mass is 249 g/mol. The molecule has 1 unspecified atom stereocenters. The van der Waals surface area contributed by atoms with Crippen LogP contribution in [0.25, 0.3) is 0 Å². The molecule has 1 heterocycles. The first-order valence-electron chi connectivity index (χ1n) is 5.59. The highest BCUT2D eigenvalue weighted by atomic mass is 16.5. The van der Waals surface area contributed by atoms with Gasteiger partial charge in [0, 0.05) is 5.56 Å². The molecule has 0 saturated carbocycles. The molecule has 0 radical (unpaired) electrons. The quantitative estimate of drug-likeness (QED) is 0.316. The van der Waals surface area contributed by atoms with Crippen LogP contribution < -0.4 is 11.1 Å². The summed E-state index contributed by atoms with van der Waals surface area (Å²) in [4.78, 5) is 11.9. The summed E-state index contributed by atoms with van der Waals surface area (Å²) in [5.41, 5.74) is 8.07. The Morgan fingerprint density at radius 1 is 1.50 bits per heavy atom. The normalized spacial score (nSPS) is 16.2. The molecule has 0 aliphatic carbocycles. The van der Waals surface area contributed by atoms with Crippen molar-refractivity contribution in [1.82, 2.24) is 5.32 Å². The van der Waals surface area contributed by atoms with Crippen LogP contribution in [-0.4, -0.2) is 23.0 Å². The zero-order chi connectivity index (χ0) is 13.1. The number of fused-ring (bicyclic) bond motifs is 1. The Hall–Kier alpha value is -2.08. The van der Waals surface area contributed by atoms with Gasteiger partial charge in [0.05, 0.1) is 19.3 Å². The molecule has 0 saturated heterocycles. The van der Waals surface area contributed by atoms with Crippen molar-refractivity contribution in [3.63, 3.8) is 0 Å². The van der Waals surface area contributed by atoms with Crippen LogP contribution in [0, 0.1) is 0 Å². The second-order valence-electron chi connectivity index (χ2n) is 4.20. The van der Waals surface area contributed by atoms with Crippen molar-refractivity contribution < 1.29 is 14.7 Å². The van der Waals surface area contributed by atoms with Crippen LogP contribution in [0.1, 0.15) is 28.4 Å². The summed E-state index contributed by atoms with van der Waals surface area (Å²) in [6, 6.07) is 4.90. The zero-order valence-electron chi connectivity index (χ0n) is 10.0. The molecule has 6 heteroatoms. The summed E-state index contributed by atoms with van der Waals surface area (Å²) in [6.07, 6.45) is 0. The van der Waals surface area contributed by atoms with E-state index in [9.17, 15) is 4.79 Å². The van der Waals surface area contributed by atoms with Gasteiger partial charge in [-0.2, -0.15) is 0 Å². The first kappa shape index (κ1) is 12.4. The van der Waals surface area contributed by atoms with Gasteiger partial charge in [0.2, 0.25) is 0 Å². The lowest BCUT2D eigenvalue weighted by Gasteiger charge is -2.12. The number of benzene rings is 1. The minimum absolute atomic E-state index is 0.0344. The Bertz CT molecular complexity index is 499. The number of hydrogen-bond donors (Lipinski definition) is 3. The van der Waals surface area contributed by atoms with Gasteiger partial charge < -0.3 is 21.0 Å². The average molecular weight is 249 g/mol. The van der Waals surface area contributed by atoms with Crippen LogP contribution in [0.3, 0.4) is 0 Å². The second-order valence-corrected chi connectivity index (χ2v) is 4.20. The summed E-state index contributed by atoms with van der Waals surface area (Å²) in [5, 5.41) is 14.0. The van der Waals surface area contributed by atoms with Crippen molar-refractivity contribution in [2.24, 2.45) is 10.9 Å². The van der Waals surface area contributed by atoms with Crippen molar-refractivity contribution in [2.45, 2.75) is 26.2 Å². The van der Waals surface area contributed by atoms with Crippen LogP contribution in [-0.2, 0) is 18.0 Å². The van der Waals surface area contributed by atoms with E-state index < -0.39 is 6.04 Å². The van der Waals surface area contributed by atoms with Crippen LogP contribution in [0.5, 0.6) is 0 Å². The number of nitrogens with zero attached hydrogens (tertiary/aromatic N) is 1. The van der Waals surface area contributed by atoms with E-state index in [-0.39, 0.29) is 11.7 Å². The minimum Gasteiger partial charge on any atom is -0.409 e. The van der Waals surface area contributed by atoms with E-state index in [1.807, 2.05) is 6.07 Å². The summed E-state index contributed by atoms with van der Waals surface area (Å²) in [7, 11) is 0. The van der Waals surface area contributed by atoms with E-state index >= 15 is 0 Å². The Balaban J connectivity index is 2.10. The SMILES string of the molecule is CC(NC(=O)c1ccc2c(c1)COC2)C(N)=NO. The predicted octanol–water partition coefficient (Wildman–Crippen LogP) is 0.582. The third-order valence-corrected chi connectivity index (χ3v) is 2.89. The van der Waals surface area contributed by atoms with Crippen molar-refractivity contribution in [3.05, 3.63) is 34.9 Å². The number of amides is 1. The number of hydrogen-bond acceptors (Lipinski definition) is 4. The van der Waals surface area contributed by atoms with E-state index in [0.29, 0.717) is 18.8 Å². The molecule has 1 aromatic carbocycles. The zero-order valence-corrected chi connectivity index (χ0v) is 10.0. The van der Waals surface area contributed by atoms with Gasteiger partial charge in [-0.15, -0.1) is 0 Å². The maximum absolute atomic E-state index is 11.9. The molecule has 2 rings (SSSR count). The van der Waals surface area contributed by atoms with Gasteiger partial charge in [-0.1, -0.05) is 11.2 Å². The number of carbonyl (C=O) groups is 1. The molecule has 1 aliphatic heterocycles. The molecule has 1 aliphatic rings. The van der Waals surface area contributed by atoms with Crippen molar-refractivity contribution in [1.29, 1.82) is 0 Å². The maximum atomic E-state index is 11.9. The average Bonchev–Trinajstić information content (AvgIpc) is 2.84. The number of amidine groups is 1. The maximum Gasteiger partial charge on any atom is 0.251 e. The molecule has 4 N–H and O–H groups in total. The molecule has 0 spiro atoms. The lowest BCUT2D eigenvalue weighted by Crippen LogP contribution is -2.42. The molecule has 6 nitrogen and oxygen atoms in total. The molecular weight excluding hydrogens is 234 g/mol. The Morgan fingerprint density at radius 3 is 2.94 bits per heavy atom. The molecule has 96 valence electrons. The van der Waals surface area contributed by atoms with E-state index in [1.54, 1.807) is 19.1 Å². The van der Waals surface area contributed by atoms with Crippen LogP contribution in [0.2, 0.25) is 0 Å². The minimum atomic E-state index is -0.521. The fraction of sp³-hybridized carbons (Fsp3) is 0.333. The number of nitrogens with two attached hydrogens (primary N) is 1. The topological polar surface area (TPSA) is 96.9 Å².